The molecule has 0 aliphatic carbocycles. The minimum Gasteiger partial charge on any atom is -0.311 e. The van der Waals surface area contributed by atoms with Crippen LogP contribution in [0.3, 0.4) is 0 Å². The summed E-state index contributed by atoms with van der Waals surface area (Å²) in [6.45, 7) is 5.66. The van der Waals surface area contributed by atoms with Gasteiger partial charge in [-0.2, -0.15) is 5.10 Å². The van der Waals surface area contributed by atoms with Crippen LogP contribution in [0.4, 0.5) is 5.69 Å². The molecule has 6 nitrogen and oxygen atoms in total. The number of carbonyl (C=O) groups is 1. The Morgan fingerprint density at radius 2 is 1.88 bits per heavy atom. The lowest BCUT2D eigenvalue weighted by Gasteiger charge is -2.37. The zero-order valence-electron chi connectivity index (χ0n) is 13.8. The molecule has 1 atom stereocenters. The molecule has 1 N–H and O–H groups in total. The number of benzene rings is 1. The van der Waals surface area contributed by atoms with Gasteiger partial charge in [0.1, 0.15) is 0 Å². The van der Waals surface area contributed by atoms with Gasteiger partial charge in [0.05, 0.1) is 12.2 Å². The maximum Gasteiger partial charge on any atom is 0.244 e. The third kappa shape index (κ3) is 3.07. The van der Waals surface area contributed by atoms with E-state index in [9.17, 15) is 4.79 Å². The van der Waals surface area contributed by atoms with Gasteiger partial charge in [-0.05, 0) is 18.6 Å². The van der Waals surface area contributed by atoms with Crippen LogP contribution in [0.2, 0.25) is 0 Å². The van der Waals surface area contributed by atoms with Crippen LogP contribution in [0.5, 0.6) is 0 Å². The third-order valence-corrected chi connectivity index (χ3v) is 5.05. The molecule has 2 saturated heterocycles. The largest absolute Gasteiger partial charge is 0.311 e. The van der Waals surface area contributed by atoms with E-state index in [4.69, 9.17) is 0 Å². The number of amides is 1. The highest BCUT2D eigenvalue weighted by Crippen LogP contribution is 2.25. The highest BCUT2D eigenvalue weighted by Gasteiger charge is 2.37. The average Bonchev–Trinajstić information content (AvgIpc) is 3.26. The SMILES string of the molecule is O=C1C(N2CCN(Cc3cn[nH]c3)CC2)CCN1c1ccccc1. The number of nitrogens with one attached hydrogen (secondary N) is 1. The quantitative estimate of drug-likeness (QED) is 0.921. The van der Waals surface area contributed by atoms with Crippen molar-refractivity contribution in [2.24, 2.45) is 0 Å². The van der Waals surface area contributed by atoms with E-state index in [1.54, 1.807) is 0 Å². The second-order valence-corrected chi connectivity index (χ2v) is 6.55. The van der Waals surface area contributed by atoms with Gasteiger partial charge in [-0.3, -0.25) is 19.7 Å². The number of hydrogen-bond donors (Lipinski definition) is 1. The Morgan fingerprint density at radius 1 is 1.08 bits per heavy atom. The molecular weight excluding hydrogens is 302 g/mol. The lowest BCUT2D eigenvalue weighted by molar-refractivity contribution is -0.122. The van der Waals surface area contributed by atoms with Gasteiger partial charge in [-0.25, -0.2) is 0 Å². The molecule has 2 fully saturated rings. The molecule has 24 heavy (non-hydrogen) atoms. The van der Waals surface area contributed by atoms with Crippen molar-refractivity contribution in [2.75, 3.05) is 37.6 Å². The van der Waals surface area contributed by atoms with Gasteiger partial charge in [0.25, 0.3) is 0 Å². The fourth-order valence-corrected chi connectivity index (χ4v) is 3.72. The summed E-state index contributed by atoms with van der Waals surface area (Å²) < 4.78 is 0. The van der Waals surface area contributed by atoms with E-state index < -0.39 is 0 Å². The Labute approximate surface area is 142 Å². The zero-order chi connectivity index (χ0) is 16.4. The van der Waals surface area contributed by atoms with Crippen molar-refractivity contribution >= 4 is 11.6 Å². The van der Waals surface area contributed by atoms with E-state index in [0.29, 0.717) is 0 Å². The predicted molar refractivity (Wildman–Crippen MR) is 92.6 cm³/mol. The molecule has 3 heterocycles. The van der Waals surface area contributed by atoms with E-state index in [-0.39, 0.29) is 11.9 Å². The normalized spacial score (nSPS) is 23.1. The molecular formula is C18H23N5O. The van der Waals surface area contributed by atoms with Crippen LogP contribution in [-0.2, 0) is 11.3 Å². The summed E-state index contributed by atoms with van der Waals surface area (Å²) in [6, 6.07) is 10.0. The molecule has 0 spiro atoms. The van der Waals surface area contributed by atoms with E-state index in [0.717, 1.165) is 51.4 Å². The van der Waals surface area contributed by atoms with Gasteiger partial charge in [0.15, 0.2) is 0 Å². The molecule has 0 bridgehead atoms. The van der Waals surface area contributed by atoms with Crippen LogP contribution in [0, 0.1) is 0 Å². The Kier molecular flexibility index (Phi) is 4.32. The second-order valence-electron chi connectivity index (χ2n) is 6.55. The van der Waals surface area contributed by atoms with Crippen molar-refractivity contribution in [1.82, 2.24) is 20.0 Å². The molecule has 126 valence electrons. The first kappa shape index (κ1) is 15.4. The van der Waals surface area contributed by atoms with Crippen LogP contribution in [0.1, 0.15) is 12.0 Å². The molecule has 0 saturated carbocycles. The van der Waals surface area contributed by atoms with E-state index in [2.05, 4.69) is 20.0 Å². The third-order valence-electron chi connectivity index (χ3n) is 5.05. The summed E-state index contributed by atoms with van der Waals surface area (Å²) in [5.41, 5.74) is 2.24. The molecule has 2 aliphatic heterocycles. The highest BCUT2D eigenvalue weighted by molar-refractivity contribution is 5.99. The van der Waals surface area contributed by atoms with Crippen molar-refractivity contribution in [3.63, 3.8) is 0 Å². The summed E-state index contributed by atoms with van der Waals surface area (Å²) >= 11 is 0. The van der Waals surface area contributed by atoms with Crippen molar-refractivity contribution < 1.29 is 4.79 Å². The van der Waals surface area contributed by atoms with Crippen LogP contribution < -0.4 is 4.90 Å². The summed E-state index contributed by atoms with van der Waals surface area (Å²) in [5.74, 6) is 0.254. The smallest absolute Gasteiger partial charge is 0.244 e. The number of carbonyl (C=O) groups excluding carboxylic acids is 1. The summed E-state index contributed by atoms with van der Waals surface area (Å²) in [5, 5.41) is 6.86. The maximum atomic E-state index is 12.8. The molecule has 4 rings (SSSR count). The zero-order valence-corrected chi connectivity index (χ0v) is 13.8. The minimum absolute atomic E-state index is 0.0429. The van der Waals surface area contributed by atoms with Gasteiger partial charge < -0.3 is 4.90 Å². The molecule has 2 aromatic rings. The number of aromatic amines is 1. The first-order chi connectivity index (χ1) is 11.8. The second kappa shape index (κ2) is 6.75. The number of hydrogen-bond acceptors (Lipinski definition) is 4. The van der Waals surface area contributed by atoms with E-state index in [1.807, 2.05) is 47.6 Å². The number of aromatic nitrogens is 2. The lowest BCUT2D eigenvalue weighted by atomic mass is 10.1. The number of para-hydroxylation sites is 1. The van der Waals surface area contributed by atoms with Gasteiger partial charge in [-0.1, -0.05) is 18.2 Å². The van der Waals surface area contributed by atoms with Gasteiger partial charge >= 0.3 is 0 Å². The molecule has 2 aliphatic rings. The van der Waals surface area contributed by atoms with Crippen molar-refractivity contribution in [1.29, 1.82) is 0 Å². The highest BCUT2D eigenvalue weighted by atomic mass is 16.2. The summed E-state index contributed by atoms with van der Waals surface area (Å²) in [6.07, 6.45) is 4.75. The molecule has 1 aromatic carbocycles. The Balaban J connectivity index is 1.34. The van der Waals surface area contributed by atoms with Crippen molar-refractivity contribution in [3.05, 3.63) is 48.3 Å². The van der Waals surface area contributed by atoms with Crippen molar-refractivity contribution in [3.8, 4) is 0 Å². The molecule has 1 aromatic heterocycles. The first-order valence-electron chi connectivity index (χ1n) is 8.62. The van der Waals surface area contributed by atoms with Gasteiger partial charge in [0.2, 0.25) is 5.91 Å². The van der Waals surface area contributed by atoms with Crippen LogP contribution in [-0.4, -0.2) is 64.7 Å². The van der Waals surface area contributed by atoms with Crippen LogP contribution in [0.15, 0.2) is 42.7 Å². The number of nitrogens with zero attached hydrogens (tertiary/aromatic N) is 4. The van der Waals surface area contributed by atoms with Crippen molar-refractivity contribution in [2.45, 2.75) is 19.0 Å². The maximum absolute atomic E-state index is 12.8. The van der Waals surface area contributed by atoms with Gasteiger partial charge in [0, 0.05) is 56.7 Å². The monoisotopic (exact) mass is 325 g/mol. The molecule has 1 amide bonds. The Morgan fingerprint density at radius 3 is 2.58 bits per heavy atom. The minimum atomic E-state index is 0.0429. The fraction of sp³-hybridized carbons (Fsp3) is 0.444. The summed E-state index contributed by atoms with van der Waals surface area (Å²) in [4.78, 5) is 19.5. The van der Waals surface area contributed by atoms with E-state index >= 15 is 0 Å². The van der Waals surface area contributed by atoms with Gasteiger partial charge in [-0.15, -0.1) is 0 Å². The topological polar surface area (TPSA) is 55.5 Å². The van der Waals surface area contributed by atoms with Crippen LogP contribution >= 0.6 is 0 Å². The lowest BCUT2D eigenvalue weighted by Crippen LogP contribution is -2.52. The predicted octanol–water partition coefficient (Wildman–Crippen LogP) is 1.33. The van der Waals surface area contributed by atoms with E-state index in [1.165, 1.54) is 5.56 Å². The van der Waals surface area contributed by atoms with Crippen LogP contribution in [0.25, 0.3) is 0 Å². The summed E-state index contributed by atoms with van der Waals surface area (Å²) in [7, 11) is 0. The standard InChI is InChI=1S/C18H23N5O/c24-18-17(6-7-23(18)16-4-2-1-3-5-16)22-10-8-21(9-11-22)14-15-12-19-20-13-15/h1-5,12-13,17H,6-11,14H2,(H,19,20). The number of H-pyrrole nitrogens is 1. The molecule has 6 heteroatoms. The molecule has 0 radical (unpaired) electrons. The fourth-order valence-electron chi connectivity index (χ4n) is 3.72. The Hall–Kier alpha value is -2.18. The average molecular weight is 325 g/mol. The Bertz CT molecular complexity index is 664. The molecule has 1 unspecified atom stereocenters. The number of piperazine rings is 1. The number of rotatable bonds is 4. The number of anilines is 1. The first-order valence-corrected chi connectivity index (χ1v) is 8.62.